The van der Waals surface area contributed by atoms with Gasteiger partial charge in [0.1, 0.15) is 0 Å². The fraction of sp³-hybridized carbons (Fsp3) is 0.368. The number of nitrogens with zero attached hydrogens (tertiary/aromatic N) is 1. The van der Waals surface area contributed by atoms with Crippen LogP contribution in [-0.2, 0) is 6.18 Å². The van der Waals surface area contributed by atoms with E-state index in [0.717, 1.165) is 30.5 Å². The van der Waals surface area contributed by atoms with Crippen LogP contribution in [0, 0.1) is 0 Å². The van der Waals surface area contributed by atoms with E-state index in [1.165, 1.54) is 23.3 Å². The maximum Gasteiger partial charge on any atom is 0.416 e. The van der Waals surface area contributed by atoms with Crippen LogP contribution in [0.3, 0.4) is 0 Å². The van der Waals surface area contributed by atoms with Crippen molar-refractivity contribution in [1.29, 1.82) is 0 Å². The van der Waals surface area contributed by atoms with Gasteiger partial charge in [-0.25, -0.2) is 0 Å². The van der Waals surface area contributed by atoms with E-state index in [2.05, 4.69) is 18.0 Å². The highest BCUT2D eigenvalue weighted by atomic mass is 19.4. The van der Waals surface area contributed by atoms with Crippen LogP contribution in [0.5, 0.6) is 0 Å². The summed E-state index contributed by atoms with van der Waals surface area (Å²) >= 11 is 0. The van der Waals surface area contributed by atoms with Gasteiger partial charge in [0.25, 0.3) is 0 Å². The second kappa shape index (κ2) is 5.10. The highest BCUT2D eigenvalue weighted by Gasteiger charge is 2.38. The van der Waals surface area contributed by atoms with Crippen molar-refractivity contribution in [3.8, 4) is 11.1 Å². The predicted octanol–water partition coefficient (Wildman–Crippen LogP) is 5.24. The molecular formula is C19H18F3N. The molecule has 0 aromatic heterocycles. The van der Waals surface area contributed by atoms with Crippen LogP contribution in [-0.4, -0.2) is 18.5 Å². The minimum Gasteiger partial charge on any atom is -0.299 e. The minimum absolute atomic E-state index is 0.391. The first-order valence-corrected chi connectivity index (χ1v) is 7.96. The topological polar surface area (TPSA) is 3.24 Å². The molecule has 2 atom stereocenters. The molecule has 0 spiro atoms. The number of rotatable bonds is 1. The lowest BCUT2D eigenvalue weighted by Crippen LogP contribution is -2.28. The highest BCUT2D eigenvalue weighted by Crippen LogP contribution is 2.51. The molecule has 1 unspecified atom stereocenters. The zero-order valence-corrected chi connectivity index (χ0v) is 12.9. The average Bonchev–Trinajstić information content (AvgIpc) is 2.85. The molecule has 4 heteroatoms. The fourth-order valence-electron chi connectivity index (χ4n) is 4.10. The molecule has 4 rings (SSSR count). The number of alkyl halides is 3. The summed E-state index contributed by atoms with van der Waals surface area (Å²) < 4.78 is 38.3. The van der Waals surface area contributed by atoms with Gasteiger partial charge in [0.05, 0.1) is 5.56 Å². The summed E-state index contributed by atoms with van der Waals surface area (Å²) in [6, 6.07) is 12.2. The maximum absolute atomic E-state index is 12.8. The third-order valence-electron chi connectivity index (χ3n) is 5.31. The van der Waals surface area contributed by atoms with Gasteiger partial charge in [0.15, 0.2) is 0 Å². The van der Waals surface area contributed by atoms with E-state index in [9.17, 15) is 13.2 Å². The Bertz CT molecular complexity index is 733. The van der Waals surface area contributed by atoms with Crippen LogP contribution in [0.1, 0.15) is 41.5 Å². The van der Waals surface area contributed by atoms with Gasteiger partial charge in [0, 0.05) is 6.04 Å². The average molecular weight is 317 g/mol. The number of fused-ring (bicyclic) bond motifs is 5. The van der Waals surface area contributed by atoms with E-state index in [0.29, 0.717) is 12.0 Å². The van der Waals surface area contributed by atoms with Crippen molar-refractivity contribution < 1.29 is 13.2 Å². The molecule has 2 bridgehead atoms. The van der Waals surface area contributed by atoms with Crippen molar-refractivity contribution in [1.82, 2.24) is 4.90 Å². The standard InChI is InChI=1S/C19H18F3N/c1-23-10-9-13-11-17(23)18-15(3-2-4-16(13)18)12-5-7-14(8-6-12)19(20,21)22/h2-8,13,17H,9-11H2,1H3/t13?,17-/m1/s1. The van der Waals surface area contributed by atoms with Crippen LogP contribution in [0.4, 0.5) is 13.2 Å². The second-order valence-corrected chi connectivity index (χ2v) is 6.60. The molecular weight excluding hydrogens is 299 g/mol. The molecule has 1 heterocycles. The summed E-state index contributed by atoms with van der Waals surface area (Å²) in [6.07, 6.45) is -1.99. The summed E-state index contributed by atoms with van der Waals surface area (Å²) in [5.74, 6) is 0.598. The summed E-state index contributed by atoms with van der Waals surface area (Å²) in [6.45, 7) is 1.08. The van der Waals surface area contributed by atoms with Crippen molar-refractivity contribution >= 4 is 0 Å². The van der Waals surface area contributed by atoms with E-state index in [4.69, 9.17) is 0 Å². The quantitative estimate of drug-likeness (QED) is 0.695. The van der Waals surface area contributed by atoms with Crippen LogP contribution >= 0.6 is 0 Å². The van der Waals surface area contributed by atoms with Crippen molar-refractivity contribution in [2.45, 2.75) is 31.0 Å². The van der Waals surface area contributed by atoms with Gasteiger partial charge in [-0.1, -0.05) is 30.3 Å². The molecule has 2 aromatic rings. The molecule has 1 nitrogen and oxygen atoms in total. The Hall–Kier alpha value is -1.81. The predicted molar refractivity (Wildman–Crippen MR) is 84.2 cm³/mol. The number of hydrogen-bond donors (Lipinski definition) is 0. The molecule has 1 fully saturated rings. The summed E-state index contributed by atoms with van der Waals surface area (Å²) in [5, 5.41) is 0. The van der Waals surface area contributed by atoms with Gasteiger partial charge < -0.3 is 0 Å². The Morgan fingerprint density at radius 3 is 2.48 bits per heavy atom. The third kappa shape index (κ3) is 2.36. The van der Waals surface area contributed by atoms with E-state index >= 15 is 0 Å². The molecule has 0 saturated carbocycles. The first kappa shape index (κ1) is 14.8. The monoisotopic (exact) mass is 317 g/mol. The molecule has 1 aliphatic heterocycles. The molecule has 0 N–H and O–H groups in total. The molecule has 1 saturated heterocycles. The molecule has 2 aromatic carbocycles. The fourth-order valence-corrected chi connectivity index (χ4v) is 4.10. The number of piperidine rings is 1. The smallest absolute Gasteiger partial charge is 0.299 e. The Morgan fingerprint density at radius 1 is 1.04 bits per heavy atom. The maximum atomic E-state index is 12.8. The number of hydrogen-bond acceptors (Lipinski definition) is 1. The summed E-state index contributed by atoms with van der Waals surface area (Å²) in [4.78, 5) is 2.37. The van der Waals surface area contributed by atoms with Gasteiger partial charge in [0.2, 0.25) is 0 Å². The van der Waals surface area contributed by atoms with Gasteiger partial charge >= 0.3 is 6.18 Å². The van der Waals surface area contributed by atoms with Crippen LogP contribution < -0.4 is 0 Å². The Balaban J connectivity index is 1.80. The highest BCUT2D eigenvalue weighted by molar-refractivity contribution is 5.71. The van der Waals surface area contributed by atoms with E-state index in [1.807, 2.05) is 12.1 Å². The van der Waals surface area contributed by atoms with Gasteiger partial charge in [-0.3, -0.25) is 4.90 Å². The molecule has 2 aliphatic rings. The molecule has 0 radical (unpaired) electrons. The van der Waals surface area contributed by atoms with Gasteiger partial charge in [-0.05, 0) is 66.7 Å². The molecule has 23 heavy (non-hydrogen) atoms. The van der Waals surface area contributed by atoms with Gasteiger partial charge in [-0.2, -0.15) is 13.2 Å². The van der Waals surface area contributed by atoms with E-state index in [-0.39, 0.29) is 0 Å². The normalized spacial score (nSPS) is 23.8. The van der Waals surface area contributed by atoms with Crippen LogP contribution in [0.25, 0.3) is 11.1 Å². The first-order valence-electron chi connectivity index (χ1n) is 7.96. The van der Waals surface area contributed by atoms with E-state index in [1.54, 1.807) is 12.1 Å². The lowest BCUT2D eigenvalue weighted by atomic mass is 9.93. The first-order chi connectivity index (χ1) is 10.9. The van der Waals surface area contributed by atoms with Crippen molar-refractivity contribution in [2.75, 3.05) is 13.6 Å². The Labute approximate surface area is 133 Å². The van der Waals surface area contributed by atoms with Crippen LogP contribution in [0.2, 0.25) is 0 Å². The lowest BCUT2D eigenvalue weighted by Gasteiger charge is -2.30. The third-order valence-corrected chi connectivity index (χ3v) is 5.31. The Morgan fingerprint density at radius 2 is 1.78 bits per heavy atom. The van der Waals surface area contributed by atoms with Gasteiger partial charge in [-0.15, -0.1) is 0 Å². The van der Waals surface area contributed by atoms with Crippen molar-refractivity contribution in [3.63, 3.8) is 0 Å². The lowest BCUT2D eigenvalue weighted by molar-refractivity contribution is -0.137. The summed E-state index contributed by atoms with van der Waals surface area (Å²) in [5.41, 5.74) is 4.06. The minimum atomic E-state index is -4.28. The van der Waals surface area contributed by atoms with E-state index < -0.39 is 11.7 Å². The zero-order valence-electron chi connectivity index (χ0n) is 12.9. The van der Waals surface area contributed by atoms with Crippen LogP contribution in [0.15, 0.2) is 42.5 Å². The molecule has 1 aliphatic carbocycles. The zero-order chi connectivity index (χ0) is 16.2. The SMILES string of the molecule is CN1CCC2C[C@@H]1c1c(-c3ccc(C(F)(F)F)cc3)cccc12. The largest absolute Gasteiger partial charge is 0.416 e. The van der Waals surface area contributed by atoms with Crippen molar-refractivity contribution in [2.24, 2.45) is 0 Å². The molecule has 0 amide bonds. The number of likely N-dealkylation sites (tertiary alicyclic amines) is 1. The number of benzene rings is 2. The summed E-state index contributed by atoms with van der Waals surface area (Å²) in [7, 11) is 2.14. The Kier molecular flexibility index (Phi) is 3.27. The second-order valence-electron chi connectivity index (χ2n) is 6.60. The molecule has 120 valence electrons. The number of halogens is 3. The van der Waals surface area contributed by atoms with Crippen molar-refractivity contribution in [3.05, 3.63) is 59.2 Å².